The van der Waals surface area contributed by atoms with Crippen LogP contribution in [0.2, 0.25) is 0 Å². The predicted molar refractivity (Wildman–Crippen MR) is 131 cm³/mol. The summed E-state index contributed by atoms with van der Waals surface area (Å²) in [6.07, 6.45) is 0. The molecule has 168 valence electrons. The van der Waals surface area contributed by atoms with Crippen LogP contribution >= 0.6 is 11.3 Å². The van der Waals surface area contributed by atoms with Gasteiger partial charge in [0.15, 0.2) is 11.5 Å². The summed E-state index contributed by atoms with van der Waals surface area (Å²) in [5, 5.41) is 8.35. The predicted octanol–water partition coefficient (Wildman–Crippen LogP) is 5.29. The van der Waals surface area contributed by atoms with Gasteiger partial charge in [-0.15, -0.1) is 0 Å². The summed E-state index contributed by atoms with van der Waals surface area (Å²) < 4.78 is 13.6. The van der Waals surface area contributed by atoms with Crippen molar-refractivity contribution in [2.75, 3.05) is 12.1 Å². The Labute approximate surface area is 199 Å². The number of nitrogens with zero attached hydrogens (tertiary/aromatic N) is 3. The quantitative estimate of drug-likeness (QED) is 0.379. The van der Waals surface area contributed by atoms with Gasteiger partial charge < -0.3 is 14.8 Å². The number of ether oxygens (including phenoxy) is 2. The van der Waals surface area contributed by atoms with Crippen LogP contribution < -0.4 is 14.8 Å². The second-order valence-corrected chi connectivity index (χ2v) is 9.01. The lowest BCUT2D eigenvalue weighted by atomic mass is 9.90. The van der Waals surface area contributed by atoms with E-state index in [0.717, 1.165) is 27.0 Å². The molecule has 0 saturated heterocycles. The van der Waals surface area contributed by atoms with E-state index in [1.54, 1.807) is 4.68 Å². The average molecular weight is 469 g/mol. The summed E-state index contributed by atoms with van der Waals surface area (Å²) in [5.41, 5.74) is 3.41. The van der Waals surface area contributed by atoms with Crippen molar-refractivity contribution in [3.8, 4) is 16.6 Å². The van der Waals surface area contributed by atoms with Crippen molar-refractivity contribution in [3.63, 3.8) is 0 Å². The Balaban J connectivity index is 1.36. The summed E-state index contributed by atoms with van der Waals surface area (Å²) in [6.45, 7) is 2.11. The number of carbonyl (C=O) groups is 1. The first-order chi connectivity index (χ1) is 16.7. The third-order valence-electron chi connectivity index (χ3n) is 5.66. The summed E-state index contributed by atoms with van der Waals surface area (Å²) in [4.78, 5) is 18.3. The number of carbonyl (C=O) groups excluding carboxylic acids is 1. The van der Waals surface area contributed by atoms with Crippen molar-refractivity contribution in [1.82, 2.24) is 14.8 Å². The van der Waals surface area contributed by atoms with Gasteiger partial charge in [0.2, 0.25) is 17.8 Å². The molecule has 0 spiro atoms. The number of thiazole rings is 1. The first kappa shape index (κ1) is 20.4. The largest absolute Gasteiger partial charge is 0.454 e. The molecule has 5 aromatic rings. The zero-order chi connectivity index (χ0) is 23.1. The number of anilines is 1. The van der Waals surface area contributed by atoms with E-state index in [1.807, 2.05) is 85.8 Å². The topological polar surface area (TPSA) is 78.3 Å². The molecule has 8 heteroatoms. The van der Waals surface area contributed by atoms with Crippen molar-refractivity contribution in [3.05, 3.63) is 95.7 Å². The number of hydrogen-bond donors (Lipinski definition) is 1. The lowest BCUT2D eigenvalue weighted by Crippen LogP contribution is -2.23. The minimum Gasteiger partial charge on any atom is -0.454 e. The Morgan fingerprint density at radius 1 is 0.971 bits per heavy atom. The number of nitrogens with one attached hydrogen (secondary N) is 1. The molecule has 7 nitrogen and oxygen atoms in total. The number of aromatic nitrogens is 3. The van der Waals surface area contributed by atoms with E-state index in [1.165, 1.54) is 11.3 Å². The zero-order valence-electron chi connectivity index (χ0n) is 18.3. The number of benzene rings is 3. The molecule has 1 aliphatic rings. The molecule has 0 aliphatic carbocycles. The molecule has 0 bridgehead atoms. The van der Waals surface area contributed by atoms with Crippen LogP contribution in [0.5, 0.6) is 11.5 Å². The number of hydrogen-bond acceptors (Lipinski definition) is 6. The van der Waals surface area contributed by atoms with E-state index in [0.29, 0.717) is 22.4 Å². The van der Waals surface area contributed by atoms with Gasteiger partial charge in [0.1, 0.15) is 5.82 Å². The monoisotopic (exact) mass is 468 g/mol. The molecule has 6 rings (SSSR count). The summed E-state index contributed by atoms with van der Waals surface area (Å²) in [7, 11) is 0. The van der Waals surface area contributed by atoms with E-state index >= 15 is 0 Å². The number of fused-ring (bicyclic) bond motifs is 2. The van der Waals surface area contributed by atoms with Crippen LogP contribution in [-0.4, -0.2) is 27.5 Å². The fraction of sp³-hybridized carbons (Fsp3) is 0.115. The van der Waals surface area contributed by atoms with Gasteiger partial charge in [-0.1, -0.05) is 72.0 Å². The molecular formula is C26H20N4O3S. The molecule has 2 aromatic heterocycles. The minimum absolute atomic E-state index is 0.138. The molecular weight excluding hydrogens is 448 g/mol. The van der Waals surface area contributed by atoms with Crippen molar-refractivity contribution < 1.29 is 14.3 Å². The number of amides is 1. The first-order valence-electron chi connectivity index (χ1n) is 10.8. The lowest BCUT2D eigenvalue weighted by molar-refractivity contribution is -0.116. The maximum Gasteiger partial charge on any atom is 0.237 e. The Morgan fingerprint density at radius 2 is 1.62 bits per heavy atom. The van der Waals surface area contributed by atoms with Gasteiger partial charge in [-0.3, -0.25) is 4.79 Å². The van der Waals surface area contributed by atoms with Crippen LogP contribution in [0.15, 0.2) is 78.9 Å². The third kappa shape index (κ3) is 3.68. The van der Waals surface area contributed by atoms with Gasteiger partial charge in [-0.25, -0.2) is 4.98 Å². The molecule has 1 amide bonds. The highest BCUT2D eigenvalue weighted by molar-refractivity contribution is 7.20. The van der Waals surface area contributed by atoms with E-state index in [-0.39, 0.29) is 12.7 Å². The Morgan fingerprint density at radius 3 is 2.29 bits per heavy atom. The van der Waals surface area contributed by atoms with E-state index in [2.05, 4.69) is 10.4 Å². The van der Waals surface area contributed by atoms with E-state index in [4.69, 9.17) is 14.5 Å². The van der Waals surface area contributed by atoms with Gasteiger partial charge in [-0.2, -0.15) is 9.78 Å². The SMILES string of the molecule is Cc1cc(NC(=O)C(c2ccccc2)c2ccccc2)n(-c2nc3cc4c(cc3s2)OCO4)n1. The molecule has 0 fully saturated rings. The van der Waals surface area contributed by atoms with Crippen LogP contribution in [-0.2, 0) is 4.79 Å². The highest BCUT2D eigenvalue weighted by Crippen LogP contribution is 2.39. The van der Waals surface area contributed by atoms with Gasteiger partial charge in [0, 0.05) is 18.2 Å². The highest BCUT2D eigenvalue weighted by Gasteiger charge is 2.25. The maximum absolute atomic E-state index is 13.6. The molecule has 0 saturated carbocycles. The summed E-state index contributed by atoms with van der Waals surface area (Å²) in [6, 6.07) is 25.2. The highest BCUT2D eigenvalue weighted by atomic mass is 32.1. The second-order valence-electron chi connectivity index (χ2n) is 8.00. The maximum atomic E-state index is 13.6. The Bertz CT molecular complexity index is 1410. The molecule has 0 radical (unpaired) electrons. The van der Waals surface area contributed by atoms with Crippen molar-refractivity contribution in [2.24, 2.45) is 0 Å². The van der Waals surface area contributed by atoms with Crippen molar-refractivity contribution >= 4 is 33.3 Å². The van der Waals surface area contributed by atoms with Gasteiger partial charge in [-0.05, 0) is 18.1 Å². The van der Waals surface area contributed by atoms with Gasteiger partial charge in [0.05, 0.1) is 21.8 Å². The second kappa shape index (κ2) is 8.31. The average Bonchev–Trinajstić information content (AvgIpc) is 3.56. The Kier molecular flexibility index (Phi) is 5.00. The van der Waals surface area contributed by atoms with Crippen LogP contribution in [0.4, 0.5) is 5.82 Å². The van der Waals surface area contributed by atoms with Crippen LogP contribution in [0.25, 0.3) is 15.3 Å². The van der Waals surface area contributed by atoms with Crippen LogP contribution in [0, 0.1) is 6.92 Å². The number of aryl methyl sites for hydroxylation is 1. The molecule has 3 aromatic carbocycles. The minimum atomic E-state index is -0.460. The fourth-order valence-corrected chi connectivity index (χ4v) is 5.06. The van der Waals surface area contributed by atoms with Crippen molar-refractivity contribution in [2.45, 2.75) is 12.8 Å². The molecule has 0 unspecified atom stereocenters. The molecule has 1 aliphatic heterocycles. The smallest absolute Gasteiger partial charge is 0.237 e. The lowest BCUT2D eigenvalue weighted by Gasteiger charge is -2.18. The van der Waals surface area contributed by atoms with E-state index < -0.39 is 5.92 Å². The molecule has 1 N–H and O–H groups in total. The van der Waals surface area contributed by atoms with Gasteiger partial charge >= 0.3 is 0 Å². The van der Waals surface area contributed by atoms with E-state index in [9.17, 15) is 4.79 Å². The standard InChI is InChI=1S/C26H20N4O3S/c1-16-12-23(28-25(31)24(17-8-4-2-5-9-17)18-10-6-3-7-11-18)30(29-16)26-27-19-13-20-21(33-15-32-20)14-22(19)34-26/h2-14,24H,15H2,1H3,(H,28,31). The zero-order valence-corrected chi connectivity index (χ0v) is 19.1. The van der Waals surface area contributed by atoms with Crippen LogP contribution in [0.1, 0.15) is 22.7 Å². The molecule has 0 atom stereocenters. The molecule has 3 heterocycles. The third-order valence-corrected chi connectivity index (χ3v) is 6.66. The van der Waals surface area contributed by atoms with Crippen LogP contribution in [0.3, 0.4) is 0 Å². The summed E-state index contributed by atoms with van der Waals surface area (Å²) in [5.74, 6) is 1.36. The van der Waals surface area contributed by atoms with Crippen molar-refractivity contribution in [1.29, 1.82) is 0 Å². The summed E-state index contributed by atoms with van der Waals surface area (Å²) >= 11 is 1.47. The normalized spacial score (nSPS) is 12.4. The molecule has 34 heavy (non-hydrogen) atoms. The fourth-order valence-electron chi connectivity index (χ4n) is 4.12. The van der Waals surface area contributed by atoms with Gasteiger partial charge in [0.25, 0.3) is 0 Å². The number of rotatable bonds is 5. The first-order valence-corrected chi connectivity index (χ1v) is 11.7. The Hall–Kier alpha value is -4.17.